The van der Waals surface area contributed by atoms with Gasteiger partial charge in [-0.05, 0) is 30.9 Å². The zero-order chi connectivity index (χ0) is 18.7. The van der Waals surface area contributed by atoms with Crippen molar-refractivity contribution in [2.45, 2.75) is 17.7 Å². The van der Waals surface area contributed by atoms with Crippen molar-refractivity contribution in [3.8, 4) is 11.5 Å². The van der Waals surface area contributed by atoms with Gasteiger partial charge in [0.2, 0.25) is 20.0 Å². The molecule has 0 aliphatic carbocycles. The van der Waals surface area contributed by atoms with Crippen molar-refractivity contribution in [2.24, 2.45) is 5.92 Å². The van der Waals surface area contributed by atoms with Crippen molar-refractivity contribution in [1.29, 1.82) is 0 Å². The maximum atomic E-state index is 12.6. The Bertz CT molecular complexity index is 799. The first-order valence-corrected chi connectivity index (χ1v) is 11.2. The molecule has 1 saturated heterocycles. The highest BCUT2D eigenvalue weighted by molar-refractivity contribution is 7.89. The fourth-order valence-electron chi connectivity index (χ4n) is 2.74. The van der Waals surface area contributed by atoms with E-state index in [-0.39, 0.29) is 23.1 Å². The van der Waals surface area contributed by atoms with E-state index in [1.54, 1.807) is 6.07 Å². The summed E-state index contributed by atoms with van der Waals surface area (Å²) < 4.78 is 62.4. The van der Waals surface area contributed by atoms with Crippen LogP contribution < -0.4 is 14.2 Å². The maximum absolute atomic E-state index is 12.6. The van der Waals surface area contributed by atoms with Gasteiger partial charge in [0.25, 0.3) is 0 Å². The second-order valence-electron chi connectivity index (χ2n) is 5.97. The van der Waals surface area contributed by atoms with Gasteiger partial charge in [-0.25, -0.2) is 25.9 Å². The lowest BCUT2D eigenvalue weighted by atomic mass is 9.99. The van der Waals surface area contributed by atoms with Crippen LogP contribution in [-0.4, -0.2) is 61.3 Å². The van der Waals surface area contributed by atoms with E-state index in [0.717, 1.165) is 0 Å². The van der Waals surface area contributed by atoms with Crippen molar-refractivity contribution in [1.82, 2.24) is 9.03 Å². The van der Waals surface area contributed by atoms with Gasteiger partial charge in [0, 0.05) is 25.7 Å². The number of rotatable bonds is 7. The summed E-state index contributed by atoms with van der Waals surface area (Å²) >= 11 is 0. The number of hydrogen-bond acceptors (Lipinski definition) is 6. The summed E-state index contributed by atoms with van der Waals surface area (Å²) in [4.78, 5) is 0.0166. The van der Waals surface area contributed by atoms with Crippen LogP contribution in [0.1, 0.15) is 12.8 Å². The predicted molar refractivity (Wildman–Crippen MR) is 93.9 cm³/mol. The van der Waals surface area contributed by atoms with Gasteiger partial charge in [0.1, 0.15) is 16.4 Å². The molecular weight excluding hydrogens is 368 g/mol. The molecule has 142 valence electrons. The van der Waals surface area contributed by atoms with Gasteiger partial charge in [-0.1, -0.05) is 0 Å². The molecule has 0 aromatic heterocycles. The number of piperidine rings is 1. The molecule has 25 heavy (non-hydrogen) atoms. The van der Waals surface area contributed by atoms with Crippen LogP contribution in [-0.2, 0) is 20.0 Å². The highest BCUT2D eigenvalue weighted by Crippen LogP contribution is 2.28. The summed E-state index contributed by atoms with van der Waals surface area (Å²) in [6, 6.07) is 4.57. The van der Waals surface area contributed by atoms with Crippen LogP contribution in [0.2, 0.25) is 0 Å². The zero-order valence-corrected chi connectivity index (χ0v) is 16.2. The first-order chi connectivity index (χ1) is 11.7. The fraction of sp³-hybridized carbons (Fsp3) is 0.600. The summed E-state index contributed by atoms with van der Waals surface area (Å²) in [5, 5.41) is 0. The number of sulfonamides is 2. The van der Waals surface area contributed by atoms with E-state index >= 15 is 0 Å². The van der Waals surface area contributed by atoms with Gasteiger partial charge >= 0.3 is 0 Å². The first-order valence-electron chi connectivity index (χ1n) is 7.84. The lowest BCUT2D eigenvalue weighted by Crippen LogP contribution is -2.41. The van der Waals surface area contributed by atoms with Gasteiger partial charge < -0.3 is 9.47 Å². The molecule has 0 amide bonds. The largest absolute Gasteiger partial charge is 0.497 e. The molecule has 0 saturated carbocycles. The summed E-state index contributed by atoms with van der Waals surface area (Å²) in [5.41, 5.74) is 0. The van der Waals surface area contributed by atoms with Gasteiger partial charge in [-0.3, -0.25) is 0 Å². The molecule has 1 aliphatic rings. The molecule has 1 aromatic carbocycles. The molecule has 1 aliphatic heterocycles. The lowest BCUT2D eigenvalue weighted by Gasteiger charge is -2.30. The summed E-state index contributed by atoms with van der Waals surface area (Å²) in [6.45, 7) is 1.07. The molecule has 0 atom stereocenters. The van der Waals surface area contributed by atoms with Crippen LogP contribution >= 0.6 is 0 Å². The molecule has 1 N–H and O–H groups in total. The van der Waals surface area contributed by atoms with Gasteiger partial charge in [0.05, 0.1) is 20.5 Å². The van der Waals surface area contributed by atoms with Gasteiger partial charge in [-0.15, -0.1) is 0 Å². The fourth-order valence-corrected chi connectivity index (χ4v) is 4.92. The molecule has 1 fully saturated rings. The Hall–Kier alpha value is -1.36. The van der Waals surface area contributed by atoms with E-state index in [0.29, 0.717) is 31.7 Å². The third kappa shape index (κ3) is 5.06. The number of nitrogens with one attached hydrogen (secondary N) is 1. The summed E-state index contributed by atoms with van der Waals surface area (Å²) in [6.07, 6.45) is 2.42. The van der Waals surface area contributed by atoms with E-state index in [1.165, 1.54) is 36.9 Å². The third-order valence-electron chi connectivity index (χ3n) is 4.26. The Labute approximate surface area is 149 Å². The molecule has 0 radical (unpaired) electrons. The van der Waals surface area contributed by atoms with E-state index < -0.39 is 20.0 Å². The van der Waals surface area contributed by atoms with Crippen molar-refractivity contribution in [2.75, 3.05) is 40.1 Å². The summed E-state index contributed by atoms with van der Waals surface area (Å²) in [7, 11) is -4.09. The summed E-state index contributed by atoms with van der Waals surface area (Å²) in [5.74, 6) is 0.743. The van der Waals surface area contributed by atoms with Crippen LogP contribution in [0.25, 0.3) is 0 Å². The molecule has 8 nitrogen and oxygen atoms in total. The number of ether oxygens (including phenoxy) is 2. The average molecular weight is 392 g/mol. The van der Waals surface area contributed by atoms with E-state index in [9.17, 15) is 16.8 Å². The minimum Gasteiger partial charge on any atom is -0.497 e. The number of nitrogens with zero attached hydrogens (tertiary/aromatic N) is 1. The quantitative estimate of drug-likeness (QED) is 0.731. The van der Waals surface area contributed by atoms with E-state index in [2.05, 4.69) is 4.72 Å². The maximum Gasteiger partial charge on any atom is 0.244 e. The molecule has 0 unspecified atom stereocenters. The van der Waals surface area contributed by atoms with Crippen LogP contribution in [0.15, 0.2) is 23.1 Å². The van der Waals surface area contributed by atoms with Crippen molar-refractivity contribution in [3.63, 3.8) is 0 Å². The highest BCUT2D eigenvalue weighted by atomic mass is 32.2. The molecule has 10 heteroatoms. The highest BCUT2D eigenvalue weighted by Gasteiger charge is 2.27. The first kappa shape index (κ1) is 20.0. The Kier molecular flexibility index (Phi) is 6.30. The second kappa shape index (κ2) is 7.90. The van der Waals surface area contributed by atoms with Gasteiger partial charge in [0.15, 0.2) is 0 Å². The number of methoxy groups -OCH3 is 2. The van der Waals surface area contributed by atoms with Crippen molar-refractivity contribution < 1.29 is 26.3 Å². The standard InChI is InChI=1S/C15H24N2O6S2/c1-22-13-4-5-14(23-2)15(10-13)25(20,21)16-11-12-6-8-17(9-7-12)24(3,18)19/h4-5,10,12,16H,6-9,11H2,1-3H3. The predicted octanol–water partition coefficient (Wildman–Crippen LogP) is 0.654. The van der Waals surface area contributed by atoms with Crippen LogP contribution in [0.4, 0.5) is 0 Å². The molecule has 0 bridgehead atoms. The van der Waals surface area contributed by atoms with Gasteiger partial charge in [-0.2, -0.15) is 0 Å². The smallest absolute Gasteiger partial charge is 0.244 e. The Morgan fingerprint density at radius 3 is 2.28 bits per heavy atom. The van der Waals surface area contributed by atoms with Crippen molar-refractivity contribution >= 4 is 20.0 Å². The van der Waals surface area contributed by atoms with Crippen LogP contribution in [0.3, 0.4) is 0 Å². The Morgan fingerprint density at radius 1 is 1.12 bits per heavy atom. The number of hydrogen-bond donors (Lipinski definition) is 1. The molecule has 2 rings (SSSR count). The third-order valence-corrected chi connectivity index (χ3v) is 7.01. The lowest BCUT2D eigenvalue weighted by molar-refractivity contribution is 0.275. The monoisotopic (exact) mass is 392 g/mol. The normalized spacial score (nSPS) is 17.4. The Balaban J connectivity index is 2.03. The Morgan fingerprint density at radius 2 is 1.76 bits per heavy atom. The molecular formula is C15H24N2O6S2. The zero-order valence-electron chi connectivity index (χ0n) is 14.6. The minimum absolute atomic E-state index is 0.0166. The number of benzene rings is 1. The topological polar surface area (TPSA) is 102 Å². The van der Waals surface area contributed by atoms with Crippen molar-refractivity contribution in [3.05, 3.63) is 18.2 Å². The minimum atomic E-state index is -3.76. The van der Waals surface area contributed by atoms with Crippen LogP contribution in [0, 0.1) is 5.92 Å². The molecule has 1 aromatic rings. The molecule has 0 spiro atoms. The SMILES string of the molecule is COc1ccc(OC)c(S(=O)(=O)NCC2CCN(S(C)(=O)=O)CC2)c1. The van der Waals surface area contributed by atoms with E-state index in [1.807, 2.05) is 0 Å². The second-order valence-corrected chi connectivity index (χ2v) is 9.69. The van der Waals surface area contributed by atoms with Crippen LogP contribution in [0.5, 0.6) is 11.5 Å². The van der Waals surface area contributed by atoms with E-state index in [4.69, 9.17) is 9.47 Å². The average Bonchev–Trinajstić information content (AvgIpc) is 2.59. The molecule has 1 heterocycles.